The van der Waals surface area contributed by atoms with Crippen molar-refractivity contribution in [3.63, 3.8) is 0 Å². The summed E-state index contributed by atoms with van der Waals surface area (Å²) in [5.74, 6) is 0.685. The number of hydrogen-bond acceptors (Lipinski definition) is 1. The predicted molar refractivity (Wildman–Crippen MR) is 88.1 cm³/mol. The lowest BCUT2D eigenvalue weighted by molar-refractivity contribution is 0.484. The first kappa shape index (κ1) is 17.3. The van der Waals surface area contributed by atoms with Gasteiger partial charge in [0.15, 0.2) is 0 Å². The molecule has 0 fully saturated rings. The van der Waals surface area contributed by atoms with Gasteiger partial charge in [0.05, 0.1) is 12.0 Å². The first-order valence-corrected chi connectivity index (χ1v) is 8.87. The van der Waals surface area contributed by atoms with E-state index >= 15 is 0 Å². The summed E-state index contributed by atoms with van der Waals surface area (Å²) in [6, 6.07) is 0. The minimum absolute atomic E-state index is 0.685. The molecule has 0 aliphatic rings. The van der Waals surface area contributed by atoms with Crippen LogP contribution in [-0.4, -0.2) is 9.97 Å². The Hall–Kier alpha value is -0.790. The van der Waals surface area contributed by atoms with Crippen molar-refractivity contribution in [2.45, 2.75) is 96.8 Å². The van der Waals surface area contributed by atoms with E-state index in [9.17, 15) is 0 Å². The molecule has 0 aliphatic heterocycles. The molecule has 1 aromatic heterocycles. The van der Waals surface area contributed by atoms with Gasteiger partial charge in [-0.2, -0.15) is 0 Å². The van der Waals surface area contributed by atoms with Crippen molar-refractivity contribution in [2.75, 3.05) is 0 Å². The first-order valence-electron chi connectivity index (χ1n) is 8.87. The molecular formula is C18H34N2. The number of aromatic nitrogens is 2. The molecular weight excluding hydrogens is 244 g/mol. The van der Waals surface area contributed by atoms with Crippen molar-refractivity contribution >= 4 is 0 Å². The number of imidazole rings is 1. The largest absolute Gasteiger partial charge is 0.351 e. The van der Waals surface area contributed by atoms with E-state index in [1.165, 1.54) is 82.7 Å². The Kier molecular flexibility index (Phi) is 10.3. The summed E-state index contributed by atoms with van der Waals surface area (Å²) in [6.45, 7) is 4.56. The number of rotatable bonds is 13. The molecule has 0 bridgehead atoms. The van der Waals surface area contributed by atoms with Gasteiger partial charge in [-0.3, -0.25) is 0 Å². The zero-order valence-corrected chi connectivity index (χ0v) is 13.7. The highest BCUT2D eigenvalue weighted by Crippen LogP contribution is 2.27. The second kappa shape index (κ2) is 12.0. The van der Waals surface area contributed by atoms with Gasteiger partial charge in [-0.05, 0) is 12.8 Å². The molecule has 0 spiro atoms. The Morgan fingerprint density at radius 3 is 1.85 bits per heavy atom. The second-order valence-corrected chi connectivity index (χ2v) is 6.10. The van der Waals surface area contributed by atoms with Gasteiger partial charge >= 0.3 is 0 Å². The molecule has 0 aliphatic carbocycles. The molecule has 0 amide bonds. The van der Waals surface area contributed by atoms with E-state index in [4.69, 9.17) is 0 Å². The quantitative estimate of drug-likeness (QED) is 0.427. The minimum atomic E-state index is 0.685. The summed E-state index contributed by atoms with van der Waals surface area (Å²) in [7, 11) is 0. The zero-order valence-electron chi connectivity index (χ0n) is 13.7. The molecule has 0 aromatic carbocycles. The van der Waals surface area contributed by atoms with Crippen molar-refractivity contribution < 1.29 is 0 Å². The van der Waals surface area contributed by atoms with Crippen LogP contribution < -0.4 is 0 Å². The average molecular weight is 278 g/mol. The Morgan fingerprint density at radius 1 is 0.850 bits per heavy atom. The fraction of sp³-hybridized carbons (Fsp3) is 0.833. The summed E-state index contributed by atoms with van der Waals surface area (Å²) in [6.07, 6.45) is 20.4. The second-order valence-electron chi connectivity index (χ2n) is 6.10. The summed E-state index contributed by atoms with van der Waals surface area (Å²) in [5, 5.41) is 0. The first-order chi connectivity index (χ1) is 9.88. The van der Waals surface area contributed by atoms with Gasteiger partial charge in [0.2, 0.25) is 0 Å². The molecule has 0 unspecified atom stereocenters. The monoisotopic (exact) mass is 278 g/mol. The van der Waals surface area contributed by atoms with Crippen molar-refractivity contribution in [1.29, 1.82) is 0 Å². The van der Waals surface area contributed by atoms with Crippen LogP contribution in [0.15, 0.2) is 12.5 Å². The van der Waals surface area contributed by atoms with Crippen LogP contribution in [-0.2, 0) is 0 Å². The smallest absolute Gasteiger partial charge is 0.0923 e. The molecule has 1 N–H and O–H groups in total. The maximum absolute atomic E-state index is 4.49. The van der Waals surface area contributed by atoms with E-state index in [1.54, 1.807) is 0 Å². The van der Waals surface area contributed by atoms with E-state index < -0.39 is 0 Å². The van der Waals surface area contributed by atoms with Gasteiger partial charge in [0.1, 0.15) is 0 Å². The Balaban J connectivity index is 2.22. The third-order valence-electron chi connectivity index (χ3n) is 4.25. The Labute approximate surface area is 125 Å². The van der Waals surface area contributed by atoms with E-state index in [2.05, 4.69) is 30.0 Å². The topological polar surface area (TPSA) is 28.7 Å². The lowest BCUT2D eigenvalue weighted by Crippen LogP contribution is -2.00. The van der Waals surface area contributed by atoms with Crippen LogP contribution in [0.3, 0.4) is 0 Å². The Bertz CT molecular complexity index is 278. The number of aromatic amines is 1. The number of hydrogen-bond donors (Lipinski definition) is 1. The molecule has 2 heteroatoms. The fourth-order valence-corrected chi connectivity index (χ4v) is 2.92. The molecule has 0 saturated heterocycles. The lowest BCUT2D eigenvalue weighted by Gasteiger charge is -2.14. The van der Waals surface area contributed by atoms with Gasteiger partial charge in [0.25, 0.3) is 0 Å². The van der Waals surface area contributed by atoms with E-state index in [-0.39, 0.29) is 0 Å². The summed E-state index contributed by atoms with van der Waals surface area (Å²) >= 11 is 0. The van der Waals surface area contributed by atoms with Crippen molar-refractivity contribution in [1.82, 2.24) is 9.97 Å². The number of H-pyrrole nitrogens is 1. The van der Waals surface area contributed by atoms with Crippen LogP contribution in [0.4, 0.5) is 0 Å². The minimum Gasteiger partial charge on any atom is -0.351 e. The molecule has 1 heterocycles. The third-order valence-corrected chi connectivity index (χ3v) is 4.25. The van der Waals surface area contributed by atoms with Gasteiger partial charge in [0, 0.05) is 12.1 Å². The van der Waals surface area contributed by atoms with Crippen LogP contribution in [0.5, 0.6) is 0 Å². The van der Waals surface area contributed by atoms with Crippen molar-refractivity contribution in [3.8, 4) is 0 Å². The third kappa shape index (κ3) is 7.72. The molecule has 1 aromatic rings. The van der Waals surface area contributed by atoms with Crippen molar-refractivity contribution in [3.05, 3.63) is 18.2 Å². The molecule has 2 nitrogen and oxygen atoms in total. The summed E-state index contributed by atoms with van der Waals surface area (Å²) in [4.78, 5) is 7.61. The molecule has 0 saturated carbocycles. The van der Waals surface area contributed by atoms with Crippen LogP contribution >= 0.6 is 0 Å². The number of unbranched alkanes of at least 4 members (excludes halogenated alkanes) is 8. The van der Waals surface area contributed by atoms with E-state index in [0.717, 1.165) is 0 Å². The van der Waals surface area contributed by atoms with Gasteiger partial charge < -0.3 is 4.98 Å². The molecule has 0 atom stereocenters. The molecule has 20 heavy (non-hydrogen) atoms. The molecule has 1 rings (SSSR count). The van der Waals surface area contributed by atoms with Gasteiger partial charge in [-0.15, -0.1) is 0 Å². The SMILES string of the molecule is CCCCCCCC(CCCCCCC)c1c[nH]cn1. The maximum Gasteiger partial charge on any atom is 0.0923 e. The maximum atomic E-state index is 4.49. The highest BCUT2D eigenvalue weighted by molar-refractivity contribution is 5.03. The highest BCUT2D eigenvalue weighted by Gasteiger charge is 2.12. The van der Waals surface area contributed by atoms with Gasteiger partial charge in [-0.1, -0.05) is 78.1 Å². The predicted octanol–water partition coefficient (Wildman–Crippen LogP) is 6.21. The number of nitrogens with zero attached hydrogens (tertiary/aromatic N) is 1. The van der Waals surface area contributed by atoms with Crippen LogP contribution in [0, 0.1) is 0 Å². The van der Waals surface area contributed by atoms with E-state index in [1.807, 2.05) is 6.33 Å². The van der Waals surface area contributed by atoms with E-state index in [0.29, 0.717) is 5.92 Å². The summed E-state index contributed by atoms with van der Waals surface area (Å²) in [5.41, 5.74) is 1.29. The van der Waals surface area contributed by atoms with Gasteiger partial charge in [-0.25, -0.2) is 4.98 Å². The lowest BCUT2D eigenvalue weighted by atomic mass is 9.92. The average Bonchev–Trinajstić information content (AvgIpc) is 2.98. The Morgan fingerprint density at radius 2 is 1.40 bits per heavy atom. The molecule has 116 valence electrons. The molecule has 0 radical (unpaired) electrons. The highest BCUT2D eigenvalue weighted by atomic mass is 14.9. The van der Waals surface area contributed by atoms with Crippen molar-refractivity contribution in [2.24, 2.45) is 0 Å². The van der Waals surface area contributed by atoms with Crippen LogP contribution in [0.1, 0.15) is 103 Å². The fourth-order valence-electron chi connectivity index (χ4n) is 2.92. The summed E-state index contributed by atoms with van der Waals surface area (Å²) < 4.78 is 0. The zero-order chi connectivity index (χ0) is 14.5. The van der Waals surface area contributed by atoms with Crippen LogP contribution in [0.25, 0.3) is 0 Å². The number of nitrogens with one attached hydrogen (secondary N) is 1. The standard InChI is InChI=1S/C18H34N2/c1-3-5-7-9-11-13-17(18-15-19-16-20-18)14-12-10-8-6-4-2/h15-17H,3-14H2,1-2H3,(H,19,20). The normalized spacial score (nSPS) is 11.3. The van der Waals surface area contributed by atoms with Crippen LogP contribution in [0.2, 0.25) is 0 Å².